The molecule has 0 radical (unpaired) electrons. The molecule has 0 fully saturated rings. The Morgan fingerprint density at radius 2 is 1.92 bits per heavy atom. The lowest BCUT2D eigenvalue weighted by Crippen LogP contribution is -2.22. The first kappa shape index (κ1) is 10.2. The summed E-state index contributed by atoms with van der Waals surface area (Å²) < 4.78 is 14.9. The van der Waals surface area contributed by atoms with Crippen molar-refractivity contribution in [3.05, 3.63) is 17.7 Å². The Kier molecular flexibility index (Phi) is 2.46. The summed E-state index contributed by atoms with van der Waals surface area (Å²) in [6.07, 6.45) is 1.79. The third-order valence-electron chi connectivity index (χ3n) is 2.00. The Bertz CT molecular complexity index is 294. The van der Waals surface area contributed by atoms with E-state index in [0.717, 1.165) is 0 Å². The molecule has 0 N–H and O–H groups in total. The molecule has 74 valence electrons. The predicted molar refractivity (Wildman–Crippen MR) is 51.3 cm³/mol. The van der Waals surface area contributed by atoms with E-state index in [1.807, 2.05) is 34.6 Å². The van der Waals surface area contributed by atoms with Gasteiger partial charge in [0.25, 0.3) is 0 Å². The number of hydrogen-bond donors (Lipinski definition) is 0. The van der Waals surface area contributed by atoms with Crippen molar-refractivity contribution in [1.82, 2.24) is 9.78 Å². The summed E-state index contributed by atoms with van der Waals surface area (Å²) in [6.45, 7) is 9.94. The van der Waals surface area contributed by atoms with Crippen molar-refractivity contribution in [3.63, 3.8) is 0 Å². The second-order valence-corrected chi connectivity index (χ2v) is 4.65. The van der Waals surface area contributed by atoms with Crippen molar-refractivity contribution in [2.24, 2.45) is 0 Å². The van der Waals surface area contributed by atoms with Crippen LogP contribution >= 0.6 is 0 Å². The number of aromatic nitrogens is 2. The van der Waals surface area contributed by atoms with Crippen LogP contribution in [0.1, 0.15) is 46.1 Å². The van der Waals surface area contributed by atoms with Gasteiger partial charge in [-0.25, -0.2) is 0 Å². The van der Waals surface area contributed by atoms with Crippen LogP contribution in [0.4, 0.5) is 4.39 Å². The molecule has 2 nitrogen and oxygen atoms in total. The molecule has 1 aromatic rings. The molecule has 1 aromatic heterocycles. The normalized spacial score (nSPS) is 12.5. The molecule has 0 aliphatic heterocycles. The van der Waals surface area contributed by atoms with Crippen molar-refractivity contribution in [3.8, 4) is 0 Å². The lowest BCUT2D eigenvalue weighted by Gasteiger charge is -2.18. The molecule has 1 rings (SSSR count). The van der Waals surface area contributed by atoms with Crippen molar-refractivity contribution >= 4 is 0 Å². The minimum atomic E-state index is -0.343. The number of nitrogens with zero attached hydrogens (tertiary/aromatic N) is 2. The average Bonchev–Trinajstić information content (AvgIpc) is 2.29. The summed E-state index contributed by atoms with van der Waals surface area (Å²) in [5.41, 5.74) is 0.545. The van der Waals surface area contributed by atoms with E-state index in [1.165, 1.54) is 0 Å². The van der Waals surface area contributed by atoms with Crippen molar-refractivity contribution in [2.45, 2.75) is 46.1 Å². The fourth-order valence-corrected chi connectivity index (χ4v) is 1.10. The highest BCUT2D eigenvalue weighted by atomic mass is 19.1. The second kappa shape index (κ2) is 3.13. The lowest BCUT2D eigenvalue weighted by molar-refractivity contribution is 0.342. The SMILES string of the molecule is CC(C)c1cn(C(C)(C)C)nc1F. The topological polar surface area (TPSA) is 17.8 Å². The maximum atomic E-state index is 13.3. The highest BCUT2D eigenvalue weighted by Gasteiger charge is 2.19. The van der Waals surface area contributed by atoms with E-state index in [2.05, 4.69) is 5.10 Å². The Hall–Kier alpha value is -0.860. The maximum Gasteiger partial charge on any atom is 0.236 e. The van der Waals surface area contributed by atoms with Crippen LogP contribution in [0.15, 0.2) is 6.20 Å². The Morgan fingerprint density at radius 1 is 1.38 bits per heavy atom. The number of rotatable bonds is 1. The summed E-state index contributed by atoms with van der Waals surface area (Å²) in [7, 11) is 0. The van der Waals surface area contributed by atoms with E-state index in [4.69, 9.17) is 0 Å². The van der Waals surface area contributed by atoms with E-state index < -0.39 is 0 Å². The van der Waals surface area contributed by atoms with Crippen LogP contribution in [0, 0.1) is 5.95 Å². The molecule has 0 spiro atoms. The molecule has 0 unspecified atom stereocenters. The summed E-state index contributed by atoms with van der Waals surface area (Å²) in [5.74, 6) is -0.152. The van der Waals surface area contributed by atoms with E-state index >= 15 is 0 Å². The number of hydrogen-bond acceptors (Lipinski definition) is 1. The van der Waals surface area contributed by atoms with Gasteiger partial charge in [0.15, 0.2) is 0 Å². The predicted octanol–water partition coefficient (Wildman–Crippen LogP) is 2.90. The Labute approximate surface area is 78.8 Å². The first-order valence-electron chi connectivity index (χ1n) is 4.58. The van der Waals surface area contributed by atoms with Gasteiger partial charge in [-0.3, -0.25) is 4.68 Å². The number of halogens is 1. The summed E-state index contributed by atoms with van der Waals surface area (Å²) in [5, 5.41) is 3.85. The third-order valence-corrected chi connectivity index (χ3v) is 2.00. The highest BCUT2D eigenvalue weighted by Crippen LogP contribution is 2.21. The minimum absolute atomic E-state index is 0.145. The monoisotopic (exact) mass is 184 g/mol. The van der Waals surface area contributed by atoms with Crippen LogP contribution in [0.5, 0.6) is 0 Å². The van der Waals surface area contributed by atoms with Gasteiger partial charge in [0.2, 0.25) is 5.95 Å². The molecule has 0 aliphatic rings. The van der Waals surface area contributed by atoms with Gasteiger partial charge in [-0.2, -0.15) is 4.39 Å². The maximum absolute atomic E-state index is 13.3. The van der Waals surface area contributed by atoms with E-state index in [0.29, 0.717) is 5.56 Å². The highest BCUT2D eigenvalue weighted by molar-refractivity contribution is 5.12. The van der Waals surface area contributed by atoms with E-state index in [9.17, 15) is 4.39 Å². The molecule has 0 aromatic carbocycles. The van der Waals surface area contributed by atoms with Crippen LogP contribution in [0.25, 0.3) is 0 Å². The van der Waals surface area contributed by atoms with Crippen LogP contribution in [0.2, 0.25) is 0 Å². The summed E-state index contributed by atoms with van der Waals surface area (Å²) >= 11 is 0. The second-order valence-electron chi connectivity index (χ2n) is 4.65. The minimum Gasteiger partial charge on any atom is -0.264 e. The molecule has 3 heteroatoms. The van der Waals surface area contributed by atoms with Crippen LogP contribution in [-0.4, -0.2) is 9.78 Å². The molecular weight excluding hydrogens is 167 g/mol. The Morgan fingerprint density at radius 3 is 2.15 bits per heavy atom. The molecule has 0 bridgehead atoms. The smallest absolute Gasteiger partial charge is 0.236 e. The zero-order valence-electron chi connectivity index (χ0n) is 8.93. The summed E-state index contributed by atoms with van der Waals surface area (Å²) in [6, 6.07) is 0. The van der Waals surface area contributed by atoms with Gasteiger partial charge in [-0.05, 0) is 26.7 Å². The summed E-state index contributed by atoms with van der Waals surface area (Å²) in [4.78, 5) is 0. The molecule has 0 amide bonds. The standard InChI is InChI=1S/C10H17FN2/c1-7(2)8-6-13(10(3,4)5)12-9(8)11/h6-7H,1-5H3. The zero-order valence-corrected chi connectivity index (χ0v) is 8.93. The van der Waals surface area contributed by atoms with Crippen molar-refractivity contribution in [1.29, 1.82) is 0 Å². The van der Waals surface area contributed by atoms with Gasteiger partial charge < -0.3 is 0 Å². The first-order valence-corrected chi connectivity index (χ1v) is 4.58. The van der Waals surface area contributed by atoms with E-state index in [1.54, 1.807) is 10.9 Å². The largest absolute Gasteiger partial charge is 0.264 e. The molecule has 0 atom stereocenters. The lowest BCUT2D eigenvalue weighted by atomic mass is 10.1. The van der Waals surface area contributed by atoms with E-state index in [-0.39, 0.29) is 17.4 Å². The molecule has 13 heavy (non-hydrogen) atoms. The first-order chi connectivity index (χ1) is 5.82. The van der Waals surface area contributed by atoms with Gasteiger partial charge in [0.05, 0.1) is 5.54 Å². The molecular formula is C10H17FN2. The molecule has 1 heterocycles. The van der Waals surface area contributed by atoms with Crippen molar-refractivity contribution < 1.29 is 4.39 Å². The fraction of sp³-hybridized carbons (Fsp3) is 0.700. The third kappa shape index (κ3) is 2.08. The fourth-order valence-electron chi connectivity index (χ4n) is 1.10. The van der Waals surface area contributed by atoms with Crippen LogP contribution in [0.3, 0.4) is 0 Å². The van der Waals surface area contributed by atoms with Crippen molar-refractivity contribution in [2.75, 3.05) is 0 Å². The van der Waals surface area contributed by atoms with Gasteiger partial charge in [0.1, 0.15) is 0 Å². The Balaban J connectivity index is 3.10. The van der Waals surface area contributed by atoms with Gasteiger partial charge in [-0.15, -0.1) is 5.10 Å². The van der Waals surface area contributed by atoms with Gasteiger partial charge in [-0.1, -0.05) is 13.8 Å². The molecule has 0 saturated heterocycles. The average molecular weight is 184 g/mol. The van der Waals surface area contributed by atoms with Gasteiger partial charge in [0, 0.05) is 11.8 Å². The van der Waals surface area contributed by atoms with Gasteiger partial charge >= 0.3 is 0 Å². The quantitative estimate of drug-likeness (QED) is 0.656. The molecule has 0 saturated carbocycles. The molecule has 0 aliphatic carbocycles. The van der Waals surface area contributed by atoms with Crippen LogP contribution in [-0.2, 0) is 5.54 Å². The zero-order chi connectivity index (χ0) is 10.2. The van der Waals surface area contributed by atoms with Crippen LogP contribution < -0.4 is 0 Å².